The Bertz CT molecular complexity index is 837. The van der Waals surface area contributed by atoms with Gasteiger partial charge in [0.2, 0.25) is 0 Å². The summed E-state index contributed by atoms with van der Waals surface area (Å²) < 4.78 is 6.24. The summed E-state index contributed by atoms with van der Waals surface area (Å²) in [6.07, 6.45) is 3.08. The van der Waals surface area contributed by atoms with E-state index in [0.717, 1.165) is 23.9 Å². The van der Waals surface area contributed by atoms with Crippen LogP contribution in [0.3, 0.4) is 0 Å². The highest BCUT2D eigenvalue weighted by Crippen LogP contribution is 2.14. The molecule has 24 heavy (non-hydrogen) atoms. The lowest BCUT2D eigenvalue weighted by Gasteiger charge is -2.26. The van der Waals surface area contributed by atoms with Gasteiger partial charge in [-0.05, 0) is 25.3 Å². The number of hydrogen-bond donors (Lipinski definition) is 0. The molecule has 1 aliphatic rings. The SMILES string of the molecule is Cn1nc(C(=O)OCC(=O)N2CCCCC2)c2ccccc2c1=O. The first-order chi connectivity index (χ1) is 11.6. The van der Waals surface area contributed by atoms with Crippen molar-refractivity contribution in [1.29, 1.82) is 0 Å². The van der Waals surface area contributed by atoms with Crippen LogP contribution < -0.4 is 5.56 Å². The Balaban J connectivity index is 1.78. The molecule has 1 aliphatic heterocycles. The molecular weight excluding hydrogens is 310 g/mol. The van der Waals surface area contributed by atoms with Gasteiger partial charge in [0.1, 0.15) is 0 Å². The van der Waals surface area contributed by atoms with E-state index in [1.807, 2.05) is 0 Å². The molecular formula is C17H19N3O4. The second kappa shape index (κ2) is 6.82. The first-order valence-corrected chi connectivity index (χ1v) is 7.99. The van der Waals surface area contributed by atoms with Gasteiger partial charge >= 0.3 is 5.97 Å². The molecule has 1 amide bonds. The highest BCUT2D eigenvalue weighted by Gasteiger charge is 2.21. The predicted molar refractivity (Wildman–Crippen MR) is 87.7 cm³/mol. The third-order valence-corrected chi connectivity index (χ3v) is 4.19. The number of rotatable bonds is 3. The van der Waals surface area contributed by atoms with Gasteiger partial charge in [0.15, 0.2) is 12.3 Å². The number of carbonyl (C=O) groups excluding carboxylic acids is 2. The van der Waals surface area contributed by atoms with Crippen LogP contribution in [0.4, 0.5) is 0 Å². The Morgan fingerprint density at radius 2 is 1.79 bits per heavy atom. The van der Waals surface area contributed by atoms with Crippen molar-refractivity contribution in [2.24, 2.45) is 7.05 Å². The largest absolute Gasteiger partial charge is 0.451 e. The maximum atomic E-state index is 12.3. The highest BCUT2D eigenvalue weighted by atomic mass is 16.5. The van der Waals surface area contributed by atoms with Crippen LogP contribution in [-0.4, -0.2) is 46.3 Å². The Morgan fingerprint density at radius 1 is 1.12 bits per heavy atom. The van der Waals surface area contributed by atoms with Crippen LogP contribution in [0.25, 0.3) is 10.8 Å². The van der Waals surface area contributed by atoms with E-state index >= 15 is 0 Å². The highest BCUT2D eigenvalue weighted by molar-refractivity contribution is 6.02. The number of likely N-dealkylation sites (tertiary alicyclic amines) is 1. The smallest absolute Gasteiger partial charge is 0.359 e. The van der Waals surface area contributed by atoms with Gasteiger partial charge in [0, 0.05) is 25.5 Å². The van der Waals surface area contributed by atoms with E-state index in [9.17, 15) is 14.4 Å². The zero-order chi connectivity index (χ0) is 17.1. The number of aromatic nitrogens is 2. The normalized spacial score (nSPS) is 14.6. The minimum absolute atomic E-state index is 0.0409. The van der Waals surface area contributed by atoms with Crippen molar-refractivity contribution in [2.45, 2.75) is 19.3 Å². The summed E-state index contributed by atoms with van der Waals surface area (Å²) in [6.45, 7) is 1.10. The Labute approximate surface area is 138 Å². The Morgan fingerprint density at radius 3 is 2.50 bits per heavy atom. The lowest BCUT2D eigenvalue weighted by Crippen LogP contribution is -2.38. The summed E-state index contributed by atoms with van der Waals surface area (Å²) in [5.41, 5.74) is -0.245. The van der Waals surface area contributed by atoms with Crippen molar-refractivity contribution in [3.63, 3.8) is 0 Å². The van der Waals surface area contributed by atoms with E-state index in [4.69, 9.17) is 4.74 Å². The Hall–Kier alpha value is -2.70. The van der Waals surface area contributed by atoms with Crippen LogP contribution in [0.1, 0.15) is 29.8 Å². The summed E-state index contributed by atoms with van der Waals surface area (Å²) in [4.78, 5) is 38.2. The molecule has 1 aromatic heterocycles. The van der Waals surface area contributed by atoms with Gasteiger partial charge in [0.25, 0.3) is 11.5 Å². The molecule has 7 nitrogen and oxygen atoms in total. The lowest BCUT2D eigenvalue weighted by atomic mass is 10.1. The second-order valence-corrected chi connectivity index (χ2v) is 5.84. The predicted octanol–water partition coefficient (Wildman–Crippen LogP) is 1.10. The molecule has 0 atom stereocenters. The fourth-order valence-corrected chi connectivity index (χ4v) is 2.88. The molecule has 2 heterocycles. The number of benzene rings is 1. The number of amides is 1. The number of piperidine rings is 1. The molecule has 0 bridgehead atoms. The molecule has 1 saturated heterocycles. The summed E-state index contributed by atoms with van der Waals surface area (Å²) in [7, 11) is 1.48. The summed E-state index contributed by atoms with van der Waals surface area (Å²) in [5.74, 6) is -0.899. The quantitative estimate of drug-likeness (QED) is 0.788. The zero-order valence-corrected chi connectivity index (χ0v) is 13.5. The number of ether oxygens (including phenoxy) is 1. The summed E-state index contributed by atoms with van der Waals surface area (Å²) >= 11 is 0. The van der Waals surface area contributed by atoms with E-state index in [0.29, 0.717) is 23.9 Å². The molecule has 2 aromatic rings. The maximum absolute atomic E-state index is 12.3. The van der Waals surface area contributed by atoms with Crippen molar-refractivity contribution in [2.75, 3.05) is 19.7 Å². The molecule has 3 rings (SSSR count). The van der Waals surface area contributed by atoms with E-state index < -0.39 is 5.97 Å². The second-order valence-electron chi connectivity index (χ2n) is 5.84. The first kappa shape index (κ1) is 16.2. The number of aryl methyl sites for hydroxylation is 1. The van der Waals surface area contributed by atoms with E-state index in [1.54, 1.807) is 29.2 Å². The minimum atomic E-state index is -0.702. The van der Waals surface area contributed by atoms with Crippen LogP contribution in [-0.2, 0) is 16.6 Å². The molecule has 1 fully saturated rings. The minimum Gasteiger partial charge on any atom is -0.451 e. The van der Waals surface area contributed by atoms with Crippen molar-refractivity contribution >= 4 is 22.6 Å². The number of esters is 1. The molecule has 0 unspecified atom stereocenters. The molecule has 7 heteroatoms. The molecule has 0 saturated carbocycles. The average Bonchev–Trinajstić information content (AvgIpc) is 2.63. The van der Waals surface area contributed by atoms with Crippen molar-refractivity contribution in [3.8, 4) is 0 Å². The fourth-order valence-electron chi connectivity index (χ4n) is 2.88. The van der Waals surface area contributed by atoms with Gasteiger partial charge in [-0.15, -0.1) is 0 Å². The standard InChI is InChI=1S/C17H19N3O4/c1-19-16(22)13-8-4-3-7-12(13)15(18-19)17(23)24-11-14(21)20-9-5-2-6-10-20/h3-4,7-8H,2,5-6,9-11H2,1H3. The van der Waals surface area contributed by atoms with E-state index in [-0.39, 0.29) is 23.8 Å². The van der Waals surface area contributed by atoms with Crippen molar-refractivity contribution in [1.82, 2.24) is 14.7 Å². The average molecular weight is 329 g/mol. The van der Waals surface area contributed by atoms with Crippen LogP contribution >= 0.6 is 0 Å². The van der Waals surface area contributed by atoms with Gasteiger partial charge < -0.3 is 9.64 Å². The summed E-state index contributed by atoms with van der Waals surface area (Å²) in [5, 5.41) is 4.82. The van der Waals surface area contributed by atoms with Gasteiger partial charge in [-0.25, -0.2) is 9.48 Å². The van der Waals surface area contributed by atoms with Crippen molar-refractivity contribution in [3.05, 3.63) is 40.3 Å². The summed E-state index contributed by atoms with van der Waals surface area (Å²) in [6, 6.07) is 6.72. The van der Waals surface area contributed by atoms with Gasteiger partial charge in [-0.1, -0.05) is 18.2 Å². The van der Waals surface area contributed by atoms with Crippen LogP contribution in [0.15, 0.2) is 29.1 Å². The molecule has 0 aliphatic carbocycles. The fraction of sp³-hybridized carbons (Fsp3) is 0.412. The number of nitrogens with zero attached hydrogens (tertiary/aromatic N) is 3. The maximum Gasteiger partial charge on any atom is 0.359 e. The number of fused-ring (bicyclic) bond motifs is 1. The number of hydrogen-bond acceptors (Lipinski definition) is 5. The van der Waals surface area contributed by atoms with Crippen LogP contribution in [0.5, 0.6) is 0 Å². The van der Waals surface area contributed by atoms with Gasteiger partial charge in [-0.3, -0.25) is 9.59 Å². The van der Waals surface area contributed by atoms with Gasteiger partial charge in [-0.2, -0.15) is 5.10 Å². The van der Waals surface area contributed by atoms with E-state index in [2.05, 4.69) is 5.10 Å². The van der Waals surface area contributed by atoms with E-state index in [1.165, 1.54) is 7.05 Å². The molecule has 1 aromatic carbocycles. The van der Waals surface area contributed by atoms with Crippen LogP contribution in [0, 0.1) is 0 Å². The third-order valence-electron chi connectivity index (χ3n) is 4.19. The van der Waals surface area contributed by atoms with Crippen LogP contribution in [0.2, 0.25) is 0 Å². The first-order valence-electron chi connectivity index (χ1n) is 7.99. The number of carbonyl (C=O) groups is 2. The Kier molecular flexibility index (Phi) is 4.59. The lowest BCUT2D eigenvalue weighted by molar-refractivity contribution is -0.135. The molecule has 126 valence electrons. The topological polar surface area (TPSA) is 81.5 Å². The van der Waals surface area contributed by atoms with Gasteiger partial charge in [0.05, 0.1) is 5.39 Å². The third kappa shape index (κ3) is 3.15. The molecule has 0 spiro atoms. The zero-order valence-electron chi connectivity index (χ0n) is 13.5. The van der Waals surface area contributed by atoms with Crippen molar-refractivity contribution < 1.29 is 14.3 Å². The monoisotopic (exact) mass is 329 g/mol. The molecule has 0 N–H and O–H groups in total. The molecule has 0 radical (unpaired) electrons.